The molecule has 2 rings (SSSR count). The van der Waals surface area contributed by atoms with Crippen molar-refractivity contribution < 1.29 is 23.4 Å². The molecular weight excluding hydrogens is 294 g/mol. The molecule has 128 valence electrons. The van der Waals surface area contributed by atoms with E-state index >= 15 is 0 Å². The minimum Gasteiger partial charge on any atom is -0.383 e. The van der Waals surface area contributed by atoms with E-state index in [4.69, 9.17) is 4.74 Å². The first-order valence-electron chi connectivity index (χ1n) is 7.98. The van der Waals surface area contributed by atoms with Crippen LogP contribution in [0.2, 0.25) is 0 Å². The highest BCUT2D eigenvalue weighted by molar-refractivity contribution is 5.85. The maximum absolute atomic E-state index is 14.0. The summed E-state index contributed by atoms with van der Waals surface area (Å²) in [6.45, 7) is 6.87. The first kappa shape index (κ1) is 17.6. The molecule has 2 fully saturated rings. The van der Waals surface area contributed by atoms with E-state index in [0.29, 0.717) is 19.6 Å². The van der Waals surface area contributed by atoms with E-state index in [1.165, 1.54) is 0 Å². The third-order valence-corrected chi connectivity index (χ3v) is 4.81. The molecule has 22 heavy (non-hydrogen) atoms. The topological polar surface area (TPSA) is 61.8 Å². The molecule has 0 spiro atoms. The summed E-state index contributed by atoms with van der Waals surface area (Å²) in [5.74, 6) is -4.87. The standard InChI is InChI=1S/C15H26F2N2O3/c1-11(2)12(19-6-8-22-9-7-19)10-18-13(20)15(16,17)14(21)4-3-5-14/h11-12,21H,3-10H2,1-2H3,(H,18,20). The van der Waals surface area contributed by atoms with E-state index in [1.807, 2.05) is 13.8 Å². The van der Waals surface area contributed by atoms with Crippen LogP contribution in [0, 0.1) is 5.92 Å². The molecule has 1 amide bonds. The largest absolute Gasteiger partial charge is 0.383 e. The molecule has 1 aliphatic heterocycles. The Balaban J connectivity index is 1.92. The lowest BCUT2D eigenvalue weighted by Crippen LogP contribution is -2.62. The van der Waals surface area contributed by atoms with E-state index in [2.05, 4.69) is 10.2 Å². The number of morpholine rings is 1. The van der Waals surface area contributed by atoms with Crippen LogP contribution in [0.15, 0.2) is 0 Å². The number of ether oxygens (including phenoxy) is 1. The average molecular weight is 320 g/mol. The third kappa shape index (κ3) is 3.41. The Morgan fingerprint density at radius 1 is 1.36 bits per heavy atom. The first-order chi connectivity index (χ1) is 10.3. The van der Waals surface area contributed by atoms with E-state index in [9.17, 15) is 18.7 Å². The fraction of sp³-hybridized carbons (Fsp3) is 0.933. The predicted molar refractivity (Wildman–Crippen MR) is 77.8 cm³/mol. The van der Waals surface area contributed by atoms with Crippen molar-refractivity contribution in [3.8, 4) is 0 Å². The normalized spacial score (nSPS) is 23.9. The van der Waals surface area contributed by atoms with Crippen molar-refractivity contribution in [1.29, 1.82) is 0 Å². The molecule has 1 atom stereocenters. The highest BCUT2D eigenvalue weighted by atomic mass is 19.3. The van der Waals surface area contributed by atoms with Gasteiger partial charge >= 0.3 is 5.92 Å². The fourth-order valence-electron chi connectivity index (χ4n) is 3.04. The second-order valence-corrected chi connectivity index (χ2v) is 6.63. The molecule has 0 aromatic carbocycles. The Kier molecular flexibility index (Phi) is 5.40. The number of nitrogens with one attached hydrogen (secondary N) is 1. The van der Waals surface area contributed by atoms with E-state index in [1.54, 1.807) is 0 Å². The maximum atomic E-state index is 14.0. The van der Waals surface area contributed by atoms with Crippen LogP contribution in [0.5, 0.6) is 0 Å². The van der Waals surface area contributed by atoms with Gasteiger partial charge in [0.05, 0.1) is 13.2 Å². The molecule has 0 radical (unpaired) electrons. The van der Waals surface area contributed by atoms with Gasteiger partial charge in [0.15, 0.2) is 0 Å². The second-order valence-electron chi connectivity index (χ2n) is 6.63. The third-order valence-electron chi connectivity index (χ3n) is 4.81. The van der Waals surface area contributed by atoms with Crippen molar-refractivity contribution in [3.63, 3.8) is 0 Å². The Hall–Kier alpha value is -0.790. The number of hydrogen-bond donors (Lipinski definition) is 2. The summed E-state index contributed by atoms with van der Waals surface area (Å²) in [5.41, 5.74) is -2.16. The highest BCUT2D eigenvalue weighted by Crippen LogP contribution is 2.44. The molecule has 0 aromatic heterocycles. The molecule has 7 heteroatoms. The summed E-state index contributed by atoms with van der Waals surface area (Å²) in [4.78, 5) is 14.0. The SMILES string of the molecule is CC(C)C(CNC(=O)C(F)(F)C1(O)CCC1)N1CCOCC1. The lowest BCUT2D eigenvalue weighted by atomic mass is 9.75. The van der Waals surface area contributed by atoms with E-state index in [-0.39, 0.29) is 31.3 Å². The lowest BCUT2D eigenvalue weighted by molar-refractivity contribution is -0.216. The summed E-state index contributed by atoms with van der Waals surface area (Å²) in [7, 11) is 0. The Bertz CT molecular complexity index is 394. The van der Waals surface area contributed by atoms with Gasteiger partial charge in [0.25, 0.3) is 5.91 Å². The first-order valence-corrected chi connectivity index (χ1v) is 7.98. The van der Waals surface area contributed by atoms with Gasteiger partial charge in [-0.1, -0.05) is 13.8 Å². The van der Waals surface area contributed by atoms with Crippen molar-refractivity contribution >= 4 is 5.91 Å². The number of alkyl halides is 2. The zero-order valence-electron chi connectivity index (χ0n) is 13.3. The zero-order valence-corrected chi connectivity index (χ0v) is 13.3. The molecule has 2 N–H and O–H groups in total. The predicted octanol–water partition coefficient (Wildman–Crippen LogP) is 1.01. The van der Waals surface area contributed by atoms with E-state index < -0.39 is 17.4 Å². The van der Waals surface area contributed by atoms with Crippen LogP contribution in [0.1, 0.15) is 33.1 Å². The summed E-state index contributed by atoms with van der Waals surface area (Å²) in [6.07, 6.45) is 0.483. The van der Waals surface area contributed by atoms with Crippen molar-refractivity contribution in [2.45, 2.75) is 50.7 Å². The van der Waals surface area contributed by atoms with Gasteiger partial charge < -0.3 is 15.2 Å². The number of rotatable bonds is 6. The smallest absolute Gasteiger partial charge is 0.352 e. The monoisotopic (exact) mass is 320 g/mol. The molecule has 5 nitrogen and oxygen atoms in total. The Morgan fingerprint density at radius 2 is 1.95 bits per heavy atom. The van der Waals surface area contributed by atoms with Gasteiger partial charge in [-0.25, -0.2) is 0 Å². The average Bonchev–Trinajstić information content (AvgIpc) is 2.45. The number of carbonyl (C=O) groups is 1. The van der Waals surface area contributed by atoms with Crippen molar-refractivity contribution in [3.05, 3.63) is 0 Å². The molecule has 1 aliphatic carbocycles. The quantitative estimate of drug-likeness (QED) is 0.767. The molecule has 1 saturated carbocycles. The van der Waals surface area contributed by atoms with E-state index in [0.717, 1.165) is 13.1 Å². The number of amides is 1. The number of halogens is 2. The lowest BCUT2D eigenvalue weighted by Gasteiger charge is -2.42. The summed E-state index contributed by atoms with van der Waals surface area (Å²) in [6, 6.07) is -0.0142. The van der Waals surface area contributed by atoms with Gasteiger partial charge in [-0.3, -0.25) is 9.69 Å². The minimum atomic E-state index is -3.72. The summed E-state index contributed by atoms with van der Waals surface area (Å²) >= 11 is 0. The summed E-state index contributed by atoms with van der Waals surface area (Å²) < 4.78 is 33.4. The van der Waals surface area contributed by atoms with Gasteiger partial charge in [-0.05, 0) is 25.2 Å². The fourth-order valence-corrected chi connectivity index (χ4v) is 3.04. The van der Waals surface area contributed by atoms with Crippen molar-refractivity contribution in [2.24, 2.45) is 5.92 Å². The van der Waals surface area contributed by atoms with Gasteiger partial charge in [0.1, 0.15) is 5.60 Å². The Labute approximate surface area is 130 Å². The van der Waals surface area contributed by atoms with Crippen LogP contribution in [0.3, 0.4) is 0 Å². The van der Waals surface area contributed by atoms with Crippen LogP contribution in [0.25, 0.3) is 0 Å². The number of aliphatic hydroxyl groups is 1. The van der Waals surface area contributed by atoms with Gasteiger partial charge in [0, 0.05) is 25.7 Å². The van der Waals surface area contributed by atoms with Crippen LogP contribution >= 0.6 is 0 Å². The molecule has 1 heterocycles. The number of carbonyl (C=O) groups excluding carboxylic acids is 1. The molecule has 0 bridgehead atoms. The second kappa shape index (κ2) is 6.76. The zero-order chi connectivity index (χ0) is 16.4. The van der Waals surface area contributed by atoms with Crippen LogP contribution in [-0.4, -0.2) is 66.3 Å². The molecule has 1 unspecified atom stereocenters. The van der Waals surface area contributed by atoms with Crippen LogP contribution < -0.4 is 5.32 Å². The number of hydrogen-bond acceptors (Lipinski definition) is 4. The van der Waals surface area contributed by atoms with Crippen LogP contribution in [0.4, 0.5) is 8.78 Å². The molecule has 2 aliphatic rings. The van der Waals surface area contributed by atoms with Crippen molar-refractivity contribution in [1.82, 2.24) is 10.2 Å². The summed E-state index contributed by atoms with van der Waals surface area (Å²) in [5, 5.41) is 12.1. The maximum Gasteiger partial charge on any atom is 0.352 e. The minimum absolute atomic E-state index is 0.0142. The highest BCUT2D eigenvalue weighted by Gasteiger charge is 2.61. The van der Waals surface area contributed by atoms with Crippen LogP contribution in [-0.2, 0) is 9.53 Å². The molecular formula is C15H26F2N2O3. The Morgan fingerprint density at radius 3 is 2.41 bits per heavy atom. The number of nitrogens with zero attached hydrogens (tertiary/aromatic N) is 1. The van der Waals surface area contributed by atoms with Gasteiger partial charge in [-0.2, -0.15) is 8.78 Å². The van der Waals surface area contributed by atoms with Crippen molar-refractivity contribution in [2.75, 3.05) is 32.8 Å². The molecule has 1 saturated heterocycles. The van der Waals surface area contributed by atoms with Gasteiger partial charge in [-0.15, -0.1) is 0 Å². The molecule has 0 aromatic rings. The van der Waals surface area contributed by atoms with Gasteiger partial charge in [0.2, 0.25) is 0 Å².